The quantitative estimate of drug-likeness (QED) is 0.625. The maximum atomic E-state index is 11.0. The summed E-state index contributed by atoms with van der Waals surface area (Å²) in [5, 5.41) is 28.8. The van der Waals surface area contributed by atoms with Gasteiger partial charge in [-0.2, -0.15) is 0 Å². The van der Waals surface area contributed by atoms with Crippen LogP contribution in [0.1, 0.15) is 6.23 Å². The molecule has 3 heterocycles. The van der Waals surface area contributed by atoms with Gasteiger partial charge >= 0.3 is 5.97 Å². The van der Waals surface area contributed by atoms with Crippen LogP contribution in [0.5, 0.6) is 0 Å². The SMILES string of the molecule is CN(C)c1ncnc2c1ncn2C1O[C@H](C(=O)O)[C@@H](O)[C@H]1O. The number of aromatic nitrogens is 4. The predicted molar refractivity (Wildman–Crippen MR) is 73.2 cm³/mol. The van der Waals surface area contributed by atoms with Crippen molar-refractivity contribution in [3.63, 3.8) is 0 Å². The highest BCUT2D eigenvalue weighted by Gasteiger charge is 2.48. The number of aliphatic carboxylic acids is 1. The molecule has 1 aliphatic heterocycles. The van der Waals surface area contributed by atoms with Crippen molar-refractivity contribution in [2.45, 2.75) is 24.5 Å². The second-order valence-corrected chi connectivity index (χ2v) is 5.18. The van der Waals surface area contributed by atoms with Gasteiger partial charge in [-0.15, -0.1) is 0 Å². The smallest absolute Gasteiger partial charge is 0.335 e. The molecule has 3 N–H and O–H groups in total. The molecule has 4 atom stereocenters. The Labute approximate surface area is 124 Å². The molecule has 0 bridgehead atoms. The molecule has 1 aliphatic rings. The third-order valence-corrected chi connectivity index (χ3v) is 3.52. The first kappa shape index (κ1) is 14.6. The highest BCUT2D eigenvalue weighted by Crippen LogP contribution is 2.32. The number of carboxylic acid groups (broad SMARTS) is 1. The molecule has 1 unspecified atom stereocenters. The maximum Gasteiger partial charge on any atom is 0.335 e. The lowest BCUT2D eigenvalue weighted by atomic mass is 10.1. The van der Waals surface area contributed by atoms with Crippen LogP contribution in [0, 0.1) is 0 Å². The molecule has 1 saturated heterocycles. The number of imidazole rings is 1. The number of aliphatic hydroxyl groups is 2. The number of rotatable bonds is 3. The molecule has 0 amide bonds. The molecule has 0 aliphatic carbocycles. The molecule has 22 heavy (non-hydrogen) atoms. The van der Waals surface area contributed by atoms with E-state index < -0.39 is 30.5 Å². The number of aliphatic hydroxyl groups excluding tert-OH is 2. The van der Waals surface area contributed by atoms with Gasteiger partial charge in [0.15, 0.2) is 29.3 Å². The minimum atomic E-state index is -1.53. The van der Waals surface area contributed by atoms with Crippen molar-refractivity contribution in [1.82, 2.24) is 19.5 Å². The van der Waals surface area contributed by atoms with Crippen molar-refractivity contribution in [3.05, 3.63) is 12.7 Å². The van der Waals surface area contributed by atoms with Gasteiger partial charge in [0.05, 0.1) is 6.33 Å². The Morgan fingerprint density at radius 3 is 2.59 bits per heavy atom. The van der Waals surface area contributed by atoms with E-state index in [0.29, 0.717) is 17.0 Å². The average molecular weight is 309 g/mol. The molecule has 0 aromatic carbocycles. The lowest BCUT2D eigenvalue weighted by Crippen LogP contribution is -2.35. The van der Waals surface area contributed by atoms with Gasteiger partial charge < -0.3 is 25.0 Å². The molecule has 2 aromatic heterocycles. The number of hydrogen-bond acceptors (Lipinski definition) is 8. The lowest BCUT2D eigenvalue weighted by Gasteiger charge is -2.16. The van der Waals surface area contributed by atoms with Crippen molar-refractivity contribution in [1.29, 1.82) is 0 Å². The van der Waals surface area contributed by atoms with Crippen molar-refractivity contribution in [3.8, 4) is 0 Å². The number of nitrogens with zero attached hydrogens (tertiary/aromatic N) is 5. The first-order valence-electron chi connectivity index (χ1n) is 6.51. The van der Waals surface area contributed by atoms with E-state index in [2.05, 4.69) is 15.0 Å². The summed E-state index contributed by atoms with van der Waals surface area (Å²) in [6.45, 7) is 0. The number of carbonyl (C=O) groups is 1. The van der Waals surface area contributed by atoms with Crippen molar-refractivity contribution < 1.29 is 24.9 Å². The summed E-state index contributed by atoms with van der Waals surface area (Å²) >= 11 is 0. The van der Waals surface area contributed by atoms with Crippen molar-refractivity contribution in [2.75, 3.05) is 19.0 Å². The van der Waals surface area contributed by atoms with Crippen LogP contribution in [0.4, 0.5) is 5.82 Å². The lowest BCUT2D eigenvalue weighted by molar-refractivity contribution is -0.155. The molecule has 3 rings (SSSR count). The zero-order chi connectivity index (χ0) is 16.0. The second kappa shape index (κ2) is 5.16. The molecule has 0 spiro atoms. The van der Waals surface area contributed by atoms with Gasteiger partial charge in [-0.3, -0.25) is 4.57 Å². The molecule has 10 nitrogen and oxygen atoms in total. The molecular formula is C12H15N5O5. The van der Waals surface area contributed by atoms with Crippen LogP contribution in [0.15, 0.2) is 12.7 Å². The Bertz CT molecular complexity index is 717. The minimum absolute atomic E-state index is 0.376. The monoisotopic (exact) mass is 309 g/mol. The van der Waals surface area contributed by atoms with Gasteiger partial charge in [-0.05, 0) is 0 Å². The van der Waals surface area contributed by atoms with Gasteiger partial charge in [0.25, 0.3) is 0 Å². The molecule has 10 heteroatoms. The molecule has 2 aromatic rings. The summed E-state index contributed by atoms with van der Waals surface area (Å²) in [6, 6.07) is 0. The Kier molecular flexibility index (Phi) is 3.43. The van der Waals surface area contributed by atoms with Crippen LogP contribution in [0.2, 0.25) is 0 Å². The fourth-order valence-corrected chi connectivity index (χ4v) is 2.45. The molecule has 1 fully saturated rings. The highest BCUT2D eigenvalue weighted by molar-refractivity contribution is 5.83. The fourth-order valence-electron chi connectivity index (χ4n) is 2.45. The number of fused-ring (bicyclic) bond motifs is 1. The molecule has 118 valence electrons. The Balaban J connectivity index is 2.05. The largest absolute Gasteiger partial charge is 0.479 e. The zero-order valence-electron chi connectivity index (χ0n) is 11.9. The summed E-state index contributed by atoms with van der Waals surface area (Å²) < 4.78 is 6.64. The van der Waals surface area contributed by atoms with Crippen molar-refractivity contribution >= 4 is 23.0 Å². The molecule has 0 radical (unpaired) electrons. The minimum Gasteiger partial charge on any atom is -0.479 e. The number of ether oxygens (including phenoxy) is 1. The van der Waals surface area contributed by atoms with Crippen LogP contribution in [0.25, 0.3) is 11.2 Å². The van der Waals surface area contributed by atoms with E-state index in [1.807, 2.05) is 0 Å². The van der Waals surface area contributed by atoms with E-state index in [1.165, 1.54) is 17.2 Å². The van der Waals surface area contributed by atoms with Crippen LogP contribution in [-0.2, 0) is 9.53 Å². The molecule has 0 saturated carbocycles. The Morgan fingerprint density at radius 1 is 1.27 bits per heavy atom. The topological polar surface area (TPSA) is 134 Å². The van der Waals surface area contributed by atoms with Crippen LogP contribution >= 0.6 is 0 Å². The number of carboxylic acids is 1. The summed E-state index contributed by atoms with van der Waals surface area (Å²) in [6.07, 6.45) is -2.83. The third-order valence-electron chi connectivity index (χ3n) is 3.52. The summed E-state index contributed by atoms with van der Waals surface area (Å²) in [5.41, 5.74) is 0.859. The fraction of sp³-hybridized carbons (Fsp3) is 0.500. The van der Waals surface area contributed by atoms with Crippen molar-refractivity contribution in [2.24, 2.45) is 0 Å². The molecular weight excluding hydrogens is 294 g/mol. The maximum absolute atomic E-state index is 11.0. The van der Waals surface area contributed by atoms with E-state index in [1.54, 1.807) is 19.0 Å². The third kappa shape index (κ3) is 2.08. The van der Waals surface area contributed by atoms with Gasteiger partial charge in [0.1, 0.15) is 18.5 Å². The van der Waals surface area contributed by atoms with E-state index in [9.17, 15) is 15.0 Å². The normalized spacial score (nSPS) is 28.2. The summed E-state index contributed by atoms with van der Waals surface area (Å²) in [4.78, 5) is 25.2. The second-order valence-electron chi connectivity index (χ2n) is 5.18. The van der Waals surface area contributed by atoms with Crippen LogP contribution in [0.3, 0.4) is 0 Å². The number of hydrogen-bond donors (Lipinski definition) is 3. The standard InChI is InChI=1S/C12H15N5O5/c1-16(2)9-5-10(14-3-13-9)17(4-15-5)11-7(19)6(18)8(22-11)12(20)21/h3-4,6-8,11,18-19H,1-2H3,(H,20,21)/t6-,7+,8-,11?/m0/s1. The van der Waals surface area contributed by atoms with Gasteiger partial charge in [0.2, 0.25) is 0 Å². The summed E-state index contributed by atoms with van der Waals surface area (Å²) in [7, 11) is 3.60. The van der Waals surface area contributed by atoms with E-state index >= 15 is 0 Å². The highest BCUT2D eigenvalue weighted by atomic mass is 16.6. The average Bonchev–Trinajstić information content (AvgIpc) is 3.01. The zero-order valence-corrected chi connectivity index (χ0v) is 11.9. The Morgan fingerprint density at radius 2 is 2.00 bits per heavy atom. The van der Waals surface area contributed by atoms with E-state index in [4.69, 9.17) is 9.84 Å². The number of anilines is 1. The van der Waals surface area contributed by atoms with Gasteiger partial charge in [-0.1, -0.05) is 0 Å². The van der Waals surface area contributed by atoms with E-state index in [-0.39, 0.29) is 0 Å². The first-order valence-corrected chi connectivity index (χ1v) is 6.51. The van der Waals surface area contributed by atoms with Crippen LogP contribution < -0.4 is 4.90 Å². The van der Waals surface area contributed by atoms with Crippen LogP contribution in [-0.4, -0.2) is 73.2 Å². The summed E-state index contributed by atoms with van der Waals surface area (Å²) in [5.74, 6) is -0.770. The van der Waals surface area contributed by atoms with Gasteiger partial charge in [0, 0.05) is 14.1 Å². The van der Waals surface area contributed by atoms with Gasteiger partial charge in [-0.25, -0.2) is 19.7 Å². The predicted octanol–water partition coefficient (Wildman–Crippen LogP) is -1.40. The van der Waals surface area contributed by atoms with E-state index in [0.717, 1.165) is 0 Å². The first-order chi connectivity index (χ1) is 10.4. The Hall–Kier alpha value is -2.30.